The van der Waals surface area contributed by atoms with E-state index in [2.05, 4.69) is 38.1 Å². The summed E-state index contributed by atoms with van der Waals surface area (Å²) in [6.07, 6.45) is 0. The van der Waals surface area contributed by atoms with Gasteiger partial charge >= 0.3 is 0 Å². The quantitative estimate of drug-likeness (QED) is 0.820. The predicted octanol–water partition coefficient (Wildman–Crippen LogP) is 3.96. The lowest BCUT2D eigenvalue weighted by Gasteiger charge is -2.44. The summed E-state index contributed by atoms with van der Waals surface area (Å²) in [6.45, 7) is 5.67. The first-order valence-electron chi connectivity index (χ1n) is 7.01. The van der Waals surface area contributed by atoms with Gasteiger partial charge < -0.3 is 9.47 Å². The van der Waals surface area contributed by atoms with E-state index in [9.17, 15) is 0 Å². The molecule has 0 aliphatic carbocycles. The van der Waals surface area contributed by atoms with Gasteiger partial charge in [-0.3, -0.25) is 0 Å². The number of benzene rings is 2. The summed E-state index contributed by atoms with van der Waals surface area (Å²) < 4.78 is 12.5. The average molecular weight is 268 g/mol. The van der Waals surface area contributed by atoms with Crippen molar-refractivity contribution >= 4 is 0 Å². The summed E-state index contributed by atoms with van der Waals surface area (Å²) in [5, 5.41) is 0. The Kier molecular flexibility index (Phi) is 3.36. The van der Waals surface area contributed by atoms with Crippen LogP contribution in [0.25, 0.3) is 0 Å². The van der Waals surface area contributed by atoms with Gasteiger partial charge in [0.15, 0.2) is 0 Å². The number of ether oxygens (including phenoxy) is 2. The van der Waals surface area contributed by atoms with Crippen molar-refractivity contribution in [2.75, 3.05) is 13.2 Å². The van der Waals surface area contributed by atoms with Crippen LogP contribution in [-0.2, 0) is 15.3 Å². The van der Waals surface area contributed by atoms with E-state index < -0.39 is 5.79 Å². The first-order chi connectivity index (χ1) is 9.62. The van der Waals surface area contributed by atoms with Crippen LogP contribution in [0.5, 0.6) is 0 Å². The van der Waals surface area contributed by atoms with Crippen molar-refractivity contribution in [3.05, 3.63) is 71.8 Å². The maximum Gasteiger partial charge on any atom is 0.222 e. The summed E-state index contributed by atoms with van der Waals surface area (Å²) in [4.78, 5) is 0. The van der Waals surface area contributed by atoms with Crippen molar-refractivity contribution in [1.29, 1.82) is 0 Å². The molecular weight excluding hydrogens is 248 g/mol. The molecule has 0 atom stereocenters. The molecule has 0 bridgehead atoms. The van der Waals surface area contributed by atoms with Crippen LogP contribution in [0.4, 0.5) is 0 Å². The van der Waals surface area contributed by atoms with Gasteiger partial charge in [0.2, 0.25) is 5.79 Å². The first kappa shape index (κ1) is 13.3. The van der Waals surface area contributed by atoms with E-state index in [1.807, 2.05) is 36.4 Å². The molecule has 20 heavy (non-hydrogen) atoms. The van der Waals surface area contributed by atoms with Gasteiger partial charge in [-0.25, -0.2) is 0 Å². The molecule has 2 aromatic rings. The van der Waals surface area contributed by atoms with Gasteiger partial charge in [-0.1, -0.05) is 74.5 Å². The van der Waals surface area contributed by atoms with E-state index in [4.69, 9.17) is 9.47 Å². The molecule has 1 saturated heterocycles. The smallest absolute Gasteiger partial charge is 0.222 e. The number of hydrogen-bond acceptors (Lipinski definition) is 2. The topological polar surface area (TPSA) is 18.5 Å². The normalized spacial score (nSPS) is 20.5. The zero-order chi connectivity index (χ0) is 14.1. The molecule has 0 spiro atoms. The molecule has 1 heterocycles. The summed E-state index contributed by atoms with van der Waals surface area (Å²) in [7, 11) is 0. The molecule has 0 amide bonds. The summed E-state index contributed by atoms with van der Waals surface area (Å²) in [5.74, 6) is -0.780. The zero-order valence-electron chi connectivity index (χ0n) is 12.0. The minimum Gasteiger partial charge on any atom is -0.342 e. The summed E-state index contributed by atoms with van der Waals surface area (Å²) in [5.41, 5.74) is 2.14. The monoisotopic (exact) mass is 268 g/mol. The second-order valence-electron chi connectivity index (χ2n) is 6.09. The van der Waals surface area contributed by atoms with Crippen molar-refractivity contribution < 1.29 is 9.47 Å². The zero-order valence-corrected chi connectivity index (χ0v) is 12.0. The van der Waals surface area contributed by atoms with Crippen molar-refractivity contribution in [3.63, 3.8) is 0 Å². The fourth-order valence-corrected chi connectivity index (χ4v) is 2.49. The van der Waals surface area contributed by atoms with Gasteiger partial charge in [-0.2, -0.15) is 0 Å². The molecule has 1 fully saturated rings. The molecule has 2 nitrogen and oxygen atoms in total. The lowest BCUT2D eigenvalue weighted by Crippen LogP contribution is -2.46. The molecule has 104 valence electrons. The second kappa shape index (κ2) is 5.04. The third-order valence-electron chi connectivity index (χ3n) is 3.64. The molecule has 1 aliphatic heterocycles. The number of hydrogen-bond donors (Lipinski definition) is 0. The van der Waals surface area contributed by atoms with Gasteiger partial charge in [0.1, 0.15) is 0 Å². The van der Waals surface area contributed by atoms with Crippen molar-refractivity contribution in [3.8, 4) is 0 Å². The molecule has 0 saturated carbocycles. The summed E-state index contributed by atoms with van der Waals surface area (Å²) in [6, 6.07) is 20.3. The highest BCUT2D eigenvalue weighted by molar-refractivity contribution is 5.34. The highest BCUT2D eigenvalue weighted by Gasteiger charge is 2.43. The molecule has 0 N–H and O–H groups in total. The van der Waals surface area contributed by atoms with E-state index >= 15 is 0 Å². The van der Waals surface area contributed by atoms with Crippen LogP contribution in [0.3, 0.4) is 0 Å². The molecule has 3 rings (SSSR count). The summed E-state index contributed by atoms with van der Waals surface area (Å²) >= 11 is 0. The third kappa shape index (κ3) is 2.37. The van der Waals surface area contributed by atoms with Crippen molar-refractivity contribution in [1.82, 2.24) is 0 Å². The Morgan fingerprint density at radius 2 is 1.10 bits per heavy atom. The Morgan fingerprint density at radius 1 is 0.700 bits per heavy atom. The highest BCUT2D eigenvalue weighted by atomic mass is 16.7. The minimum atomic E-state index is -0.780. The van der Waals surface area contributed by atoms with E-state index in [0.29, 0.717) is 13.2 Å². The molecule has 0 radical (unpaired) electrons. The molecule has 0 unspecified atom stereocenters. The van der Waals surface area contributed by atoms with E-state index in [-0.39, 0.29) is 5.41 Å². The Balaban J connectivity index is 2.06. The van der Waals surface area contributed by atoms with Crippen LogP contribution in [-0.4, -0.2) is 13.2 Å². The van der Waals surface area contributed by atoms with Crippen LogP contribution in [0.1, 0.15) is 25.0 Å². The van der Waals surface area contributed by atoms with Crippen molar-refractivity contribution in [2.24, 2.45) is 5.41 Å². The first-order valence-corrected chi connectivity index (χ1v) is 7.01. The van der Waals surface area contributed by atoms with E-state index in [0.717, 1.165) is 11.1 Å². The van der Waals surface area contributed by atoms with Crippen molar-refractivity contribution in [2.45, 2.75) is 19.6 Å². The molecule has 2 heteroatoms. The molecular formula is C18H20O2. The van der Waals surface area contributed by atoms with Gasteiger partial charge in [0, 0.05) is 16.5 Å². The Hall–Kier alpha value is -1.64. The number of rotatable bonds is 2. The maximum atomic E-state index is 6.23. The van der Waals surface area contributed by atoms with Crippen LogP contribution in [0.2, 0.25) is 0 Å². The standard InChI is InChI=1S/C18H20O2/c1-17(2)13-19-18(20-14-17,15-9-5-3-6-10-15)16-11-7-4-8-12-16/h3-12H,13-14H2,1-2H3. The SMILES string of the molecule is CC1(C)COC(c2ccccc2)(c2ccccc2)OC1. The van der Waals surface area contributed by atoms with E-state index in [1.165, 1.54) is 0 Å². The Bertz CT molecular complexity index is 509. The van der Waals surface area contributed by atoms with Crippen LogP contribution in [0.15, 0.2) is 60.7 Å². The highest BCUT2D eigenvalue weighted by Crippen LogP contribution is 2.41. The lowest BCUT2D eigenvalue weighted by molar-refractivity contribution is -0.284. The van der Waals surface area contributed by atoms with Gasteiger partial charge in [-0.15, -0.1) is 0 Å². The molecule has 0 aromatic heterocycles. The predicted molar refractivity (Wildman–Crippen MR) is 79.3 cm³/mol. The molecule has 1 aliphatic rings. The van der Waals surface area contributed by atoms with Gasteiger partial charge in [-0.05, 0) is 0 Å². The van der Waals surface area contributed by atoms with Crippen LogP contribution >= 0.6 is 0 Å². The van der Waals surface area contributed by atoms with Crippen LogP contribution < -0.4 is 0 Å². The molecule has 2 aromatic carbocycles. The Morgan fingerprint density at radius 3 is 1.50 bits per heavy atom. The minimum absolute atomic E-state index is 0.0487. The lowest BCUT2D eigenvalue weighted by atomic mass is 9.90. The fourth-order valence-electron chi connectivity index (χ4n) is 2.49. The van der Waals surface area contributed by atoms with Gasteiger partial charge in [0.05, 0.1) is 13.2 Å². The largest absolute Gasteiger partial charge is 0.342 e. The van der Waals surface area contributed by atoms with Crippen LogP contribution in [0, 0.1) is 5.41 Å². The van der Waals surface area contributed by atoms with E-state index in [1.54, 1.807) is 0 Å². The Labute approximate surface area is 120 Å². The average Bonchev–Trinajstić information content (AvgIpc) is 2.50. The fraction of sp³-hybridized carbons (Fsp3) is 0.333. The third-order valence-corrected chi connectivity index (χ3v) is 3.64. The maximum absolute atomic E-state index is 6.23. The van der Waals surface area contributed by atoms with Gasteiger partial charge in [0.25, 0.3) is 0 Å². The second-order valence-corrected chi connectivity index (χ2v) is 6.09.